The number of amides is 2. The molecule has 2 aromatic rings. The van der Waals surface area contributed by atoms with E-state index in [0.29, 0.717) is 5.69 Å². The minimum atomic E-state index is -1.08. The van der Waals surface area contributed by atoms with Gasteiger partial charge in [-0.2, -0.15) is 0 Å². The second-order valence-corrected chi connectivity index (χ2v) is 4.92. The summed E-state index contributed by atoms with van der Waals surface area (Å²) in [6, 6.07) is 10.5. The van der Waals surface area contributed by atoms with Crippen LogP contribution in [0.15, 0.2) is 48.5 Å². The van der Waals surface area contributed by atoms with Crippen molar-refractivity contribution in [1.29, 1.82) is 0 Å². The molecule has 9 heteroatoms. The van der Waals surface area contributed by atoms with Crippen molar-refractivity contribution in [2.24, 2.45) is 0 Å². The molecule has 0 fully saturated rings. The molecule has 0 saturated heterocycles. The number of aromatic carboxylic acids is 1. The predicted octanol–water partition coefficient (Wildman–Crippen LogP) is 1.66. The SMILES string of the molecule is O=C(CNC(=O)c1ccc([N+](=O)[O-])cc1)Nc1ccc(C(=O)O)cc1. The number of carbonyl (C=O) groups excluding carboxylic acids is 2. The number of nitro groups is 1. The molecule has 0 atom stereocenters. The van der Waals surface area contributed by atoms with Gasteiger partial charge in [-0.15, -0.1) is 0 Å². The van der Waals surface area contributed by atoms with Gasteiger partial charge < -0.3 is 15.7 Å². The summed E-state index contributed by atoms with van der Waals surface area (Å²) in [6.45, 7) is -0.309. The fourth-order valence-electron chi connectivity index (χ4n) is 1.90. The van der Waals surface area contributed by atoms with Crippen LogP contribution >= 0.6 is 0 Å². The van der Waals surface area contributed by atoms with Crippen LogP contribution in [0.4, 0.5) is 11.4 Å². The topological polar surface area (TPSA) is 139 Å². The van der Waals surface area contributed by atoms with Crippen molar-refractivity contribution >= 4 is 29.2 Å². The monoisotopic (exact) mass is 343 g/mol. The van der Waals surface area contributed by atoms with Gasteiger partial charge in [0.25, 0.3) is 11.6 Å². The largest absolute Gasteiger partial charge is 0.478 e. The van der Waals surface area contributed by atoms with Gasteiger partial charge >= 0.3 is 5.97 Å². The molecule has 0 aliphatic carbocycles. The van der Waals surface area contributed by atoms with Crippen LogP contribution in [-0.2, 0) is 4.79 Å². The van der Waals surface area contributed by atoms with Crippen LogP contribution in [0.25, 0.3) is 0 Å². The number of nitro benzene ring substituents is 1. The van der Waals surface area contributed by atoms with Gasteiger partial charge in [0.05, 0.1) is 17.0 Å². The first-order valence-corrected chi connectivity index (χ1v) is 7.02. The summed E-state index contributed by atoms with van der Waals surface area (Å²) < 4.78 is 0. The number of nitrogens with zero attached hydrogens (tertiary/aromatic N) is 1. The second-order valence-electron chi connectivity index (χ2n) is 4.92. The molecule has 0 spiro atoms. The van der Waals surface area contributed by atoms with Crippen molar-refractivity contribution in [1.82, 2.24) is 5.32 Å². The summed E-state index contributed by atoms with van der Waals surface area (Å²) in [5, 5.41) is 24.2. The third-order valence-corrected chi connectivity index (χ3v) is 3.17. The fourth-order valence-corrected chi connectivity index (χ4v) is 1.90. The van der Waals surface area contributed by atoms with Crippen LogP contribution in [0.1, 0.15) is 20.7 Å². The normalized spacial score (nSPS) is 9.92. The molecular formula is C16H13N3O6. The maximum absolute atomic E-state index is 11.9. The Hall–Kier alpha value is -3.75. The number of hydrogen-bond donors (Lipinski definition) is 3. The highest BCUT2D eigenvalue weighted by atomic mass is 16.6. The highest BCUT2D eigenvalue weighted by molar-refractivity contribution is 5.99. The van der Waals surface area contributed by atoms with E-state index in [2.05, 4.69) is 10.6 Å². The number of carbonyl (C=O) groups is 3. The lowest BCUT2D eigenvalue weighted by molar-refractivity contribution is -0.384. The lowest BCUT2D eigenvalue weighted by Gasteiger charge is -2.07. The first kappa shape index (κ1) is 17.6. The molecule has 0 aliphatic heterocycles. The Bertz CT molecular complexity index is 815. The van der Waals surface area contributed by atoms with Crippen molar-refractivity contribution in [3.05, 3.63) is 69.8 Å². The van der Waals surface area contributed by atoms with E-state index in [1.165, 1.54) is 48.5 Å². The molecule has 0 aromatic heterocycles. The van der Waals surface area contributed by atoms with Gasteiger partial charge in [-0.05, 0) is 36.4 Å². The minimum absolute atomic E-state index is 0.0875. The number of benzene rings is 2. The number of non-ortho nitro benzene ring substituents is 1. The van der Waals surface area contributed by atoms with Crippen molar-refractivity contribution in [3.63, 3.8) is 0 Å². The van der Waals surface area contributed by atoms with Crippen LogP contribution < -0.4 is 10.6 Å². The molecule has 128 valence electrons. The van der Waals surface area contributed by atoms with E-state index in [-0.39, 0.29) is 23.4 Å². The fraction of sp³-hybridized carbons (Fsp3) is 0.0625. The Balaban J connectivity index is 1.87. The Morgan fingerprint density at radius 2 is 1.52 bits per heavy atom. The Labute approximate surface area is 141 Å². The van der Waals surface area contributed by atoms with Crippen LogP contribution in [0, 0.1) is 10.1 Å². The zero-order valence-corrected chi connectivity index (χ0v) is 12.8. The molecule has 0 saturated carbocycles. The summed E-state index contributed by atoms with van der Waals surface area (Å²) in [7, 11) is 0. The highest BCUT2D eigenvalue weighted by Crippen LogP contribution is 2.12. The Kier molecular flexibility index (Phi) is 5.41. The first-order valence-electron chi connectivity index (χ1n) is 7.02. The zero-order chi connectivity index (χ0) is 18.4. The van der Waals surface area contributed by atoms with Gasteiger partial charge in [0.1, 0.15) is 0 Å². The van der Waals surface area contributed by atoms with Gasteiger partial charge in [-0.3, -0.25) is 19.7 Å². The molecule has 25 heavy (non-hydrogen) atoms. The standard InChI is InChI=1S/C16H13N3O6/c20-14(18-12-5-1-11(2-6-12)16(22)23)9-17-15(21)10-3-7-13(8-4-10)19(24)25/h1-8H,9H2,(H,17,21)(H,18,20)(H,22,23). The number of hydrogen-bond acceptors (Lipinski definition) is 5. The molecule has 0 unspecified atom stereocenters. The Morgan fingerprint density at radius 1 is 0.960 bits per heavy atom. The summed E-state index contributed by atoms with van der Waals surface area (Å²) in [4.78, 5) is 44.4. The van der Waals surface area contributed by atoms with Gasteiger partial charge in [0, 0.05) is 23.4 Å². The number of carboxylic acid groups (broad SMARTS) is 1. The van der Waals surface area contributed by atoms with Gasteiger partial charge in [-0.25, -0.2) is 4.79 Å². The molecule has 2 aromatic carbocycles. The van der Waals surface area contributed by atoms with Gasteiger partial charge in [-0.1, -0.05) is 0 Å². The average molecular weight is 343 g/mol. The zero-order valence-electron chi connectivity index (χ0n) is 12.8. The highest BCUT2D eigenvalue weighted by Gasteiger charge is 2.11. The summed E-state index contributed by atoms with van der Waals surface area (Å²) in [6.07, 6.45) is 0. The van der Waals surface area contributed by atoms with E-state index >= 15 is 0 Å². The molecule has 9 nitrogen and oxygen atoms in total. The molecule has 2 amide bonds. The number of rotatable bonds is 6. The molecular weight excluding hydrogens is 330 g/mol. The first-order chi connectivity index (χ1) is 11.9. The third kappa shape index (κ3) is 4.86. The molecule has 0 bridgehead atoms. The minimum Gasteiger partial charge on any atom is -0.478 e. The molecule has 3 N–H and O–H groups in total. The average Bonchev–Trinajstić information content (AvgIpc) is 2.60. The van der Waals surface area contributed by atoms with Gasteiger partial charge in [0.15, 0.2) is 0 Å². The second kappa shape index (κ2) is 7.68. The van der Waals surface area contributed by atoms with E-state index in [1.54, 1.807) is 0 Å². The number of anilines is 1. The van der Waals surface area contributed by atoms with Crippen LogP contribution in [-0.4, -0.2) is 34.4 Å². The van der Waals surface area contributed by atoms with E-state index in [9.17, 15) is 24.5 Å². The quantitative estimate of drug-likeness (QED) is 0.538. The predicted molar refractivity (Wildman–Crippen MR) is 87.5 cm³/mol. The number of nitrogens with one attached hydrogen (secondary N) is 2. The van der Waals surface area contributed by atoms with Gasteiger partial charge in [0.2, 0.25) is 5.91 Å². The number of carboxylic acids is 1. The maximum Gasteiger partial charge on any atom is 0.335 e. The Morgan fingerprint density at radius 3 is 2.04 bits per heavy atom. The molecule has 2 rings (SSSR count). The lowest BCUT2D eigenvalue weighted by atomic mass is 10.2. The summed E-state index contributed by atoms with van der Waals surface area (Å²) in [5.41, 5.74) is 0.521. The van der Waals surface area contributed by atoms with Crippen molar-refractivity contribution in [2.75, 3.05) is 11.9 Å². The maximum atomic E-state index is 11.9. The summed E-state index contributed by atoms with van der Waals surface area (Å²) >= 11 is 0. The summed E-state index contributed by atoms with van der Waals surface area (Å²) in [5.74, 6) is -2.13. The van der Waals surface area contributed by atoms with Crippen molar-refractivity contribution in [2.45, 2.75) is 0 Å². The molecule has 0 radical (unpaired) electrons. The van der Waals surface area contributed by atoms with Crippen LogP contribution in [0.5, 0.6) is 0 Å². The van der Waals surface area contributed by atoms with Crippen molar-refractivity contribution < 1.29 is 24.4 Å². The smallest absolute Gasteiger partial charge is 0.335 e. The lowest BCUT2D eigenvalue weighted by Crippen LogP contribution is -2.32. The third-order valence-electron chi connectivity index (χ3n) is 3.17. The van der Waals surface area contributed by atoms with E-state index in [1.807, 2.05) is 0 Å². The van der Waals surface area contributed by atoms with E-state index in [0.717, 1.165) is 0 Å². The molecule has 0 heterocycles. The van der Waals surface area contributed by atoms with E-state index < -0.39 is 22.7 Å². The van der Waals surface area contributed by atoms with Crippen LogP contribution in [0.3, 0.4) is 0 Å². The van der Waals surface area contributed by atoms with Crippen molar-refractivity contribution in [3.8, 4) is 0 Å². The van der Waals surface area contributed by atoms with Crippen LogP contribution in [0.2, 0.25) is 0 Å². The molecule has 0 aliphatic rings. The van der Waals surface area contributed by atoms with E-state index in [4.69, 9.17) is 5.11 Å².